The van der Waals surface area contributed by atoms with E-state index in [1.165, 1.54) is 0 Å². The van der Waals surface area contributed by atoms with Crippen LogP contribution in [0, 0.1) is 0 Å². The second-order valence-electron chi connectivity index (χ2n) is 3.97. The zero-order valence-electron chi connectivity index (χ0n) is 11.8. The summed E-state index contributed by atoms with van der Waals surface area (Å²) in [6.45, 7) is 7.80. The van der Waals surface area contributed by atoms with E-state index in [1.54, 1.807) is 12.3 Å². The van der Waals surface area contributed by atoms with Crippen LogP contribution in [0.4, 0.5) is 0 Å². The molecule has 0 bridgehead atoms. The fourth-order valence-corrected chi connectivity index (χ4v) is 2.05. The molecule has 0 saturated carbocycles. The lowest BCUT2D eigenvalue weighted by Gasteiger charge is -2.17. The first-order valence-corrected chi connectivity index (χ1v) is 7.75. The number of halogens is 3. The molecule has 20 heavy (non-hydrogen) atoms. The van der Waals surface area contributed by atoms with Crippen LogP contribution in [0.15, 0.2) is 18.3 Å². The zero-order chi connectivity index (χ0) is 13.4. The minimum Gasteiger partial charge on any atom is -0.349 e. The number of amides is 1. The van der Waals surface area contributed by atoms with Gasteiger partial charge in [0.05, 0.1) is 0 Å². The van der Waals surface area contributed by atoms with Gasteiger partial charge in [0.1, 0.15) is 5.69 Å². The minimum absolute atomic E-state index is 0. The van der Waals surface area contributed by atoms with Gasteiger partial charge in [-0.15, -0.1) is 24.8 Å². The lowest BCUT2D eigenvalue weighted by Crippen LogP contribution is -2.35. The third-order valence-electron chi connectivity index (χ3n) is 2.82. The molecule has 0 aliphatic heterocycles. The van der Waals surface area contributed by atoms with Gasteiger partial charge in [-0.2, -0.15) is 0 Å². The smallest absolute Gasteiger partial charge is 0.269 e. The van der Waals surface area contributed by atoms with Crippen molar-refractivity contribution in [3.05, 3.63) is 29.6 Å². The number of carbonyl (C=O) groups excluding carboxylic acids is 1. The predicted octanol–water partition coefficient (Wildman–Crippen LogP) is 2.93. The number of likely N-dealkylation sites (N-methyl/N-ethyl adjacent to an activating group) is 1. The summed E-state index contributed by atoms with van der Waals surface area (Å²) in [5.74, 6) is -0.0952. The SMILES string of the molecule is CCN(CC)CCNC(=O)c1ccc(CI)cn1.Cl.Cl. The van der Waals surface area contributed by atoms with E-state index in [2.05, 4.69) is 51.6 Å². The molecule has 7 heteroatoms. The Balaban J connectivity index is 0. The number of nitrogens with one attached hydrogen (secondary N) is 1. The molecular formula is C13H22Cl2IN3O. The monoisotopic (exact) mass is 433 g/mol. The Morgan fingerprint density at radius 3 is 2.40 bits per heavy atom. The van der Waals surface area contributed by atoms with Gasteiger partial charge in [-0.25, -0.2) is 0 Å². The van der Waals surface area contributed by atoms with E-state index >= 15 is 0 Å². The maximum Gasteiger partial charge on any atom is 0.269 e. The molecule has 1 aromatic heterocycles. The van der Waals surface area contributed by atoms with E-state index in [4.69, 9.17) is 0 Å². The summed E-state index contributed by atoms with van der Waals surface area (Å²) in [5.41, 5.74) is 1.62. The van der Waals surface area contributed by atoms with E-state index in [0.717, 1.165) is 29.6 Å². The Hall–Kier alpha value is -0.110. The second kappa shape index (κ2) is 12.6. The van der Waals surface area contributed by atoms with Crippen LogP contribution in [0.25, 0.3) is 0 Å². The van der Waals surface area contributed by atoms with Gasteiger partial charge in [-0.3, -0.25) is 9.78 Å². The fourth-order valence-electron chi connectivity index (χ4n) is 1.60. The van der Waals surface area contributed by atoms with Crippen LogP contribution in [0.5, 0.6) is 0 Å². The van der Waals surface area contributed by atoms with Crippen molar-refractivity contribution in [2.24, 2.45) is 0 Å². The van der Waals surface area contributed by atoms with E-state index in [-0.39, 0.29) is 30.7 Å². The minimum atomic E-state index is -0.0952. The molecule has 1 amide bonds. The molecule has 0 saturated heterocycles. The number of rotatable bonds is 7. The van der Waals surface area contributed by atoms with Crippen molar-refractivity contribution in [3.63, 3.8) is 0 Å². The highest BCUT2D eigenvalue weighted by Gasteiger charge is 2.07. The molecule has 0 aromatic carbocycles. The van der Waals surface area contributed by atoms with Crippen LogP contribution in [0.1, 0.15) is 29.9 Å². The Labute approximate surface area is 147 Å². The van der Waals surface area contributed by atoms with Crippen LogP contribution < -0.4 is 5.32 Å². The molecule has 0 aliphatic rings. The van der Waals surface area contributed by atoms with Gasteiger partial charge < -0.3 is 10.2 Å². The van der Waals surface area contributed by atoms with Crippen molar-refractivity contribution in [3.8, 4) is 0 Å². The van der Waals surface area contributed by atoms with Crippen molar-refractivity contribution >= 4 is 53.3 Å². The molecule has 0 aliphatic carbocycles. The molecule has 4 nitrogen and oxygen atoms in total. The standard InChI is InChI=1S/C13H20IN3O.2ClH/c1-3-17(4-2)8-7-15-13(18)12-6-5-11(9-14)10-16-12;;/h5-6,10H,3-4,7-9H2,1-2H3,(H,15,18);2*1H. The first-order valence-electron chi connectivity index (χ1n) is 6.22. The Morgan fingerprint density at radius 2 is 1.95 bits per heavy atom. The van der Waals surface area contributed by atoms with E-state index < -0.39 is 0 Å². The van der Waals surface area contributed by atoms with E-state index in [0.29, 0.717) is 12.2 Å². The Morgan fingerprint density at radius 1 is 1.30 bits per heavy atom. The summed E-state index contributed by atoms with van der Waals surface area (Å²) in [6.07, 6.45) is 1.76. The molecule has 0 atom stereocenters. The highest BCUT2D eigenvalue weighted by molar-refractivity contribution is 14.1. The van der Waals surface area contributed by atoms with Crippen LogP contribution in [-0.2, 0) is 4.43 Å². The molecule has 1 aromatic rings. The summed E-state index contributed by atoms with van der Waals surface area (Å²) in [5, 5.41) is 2.89. The number of nitrogens with zero attached hydrogens (tertiary/aromatic N) is 2. The average molecular weight is 434 g/mol. The average Bonchev–Trinajstić information content (AvgIpc) is 2.43. The molecule has 0 radical (unpaired) electrons. The maximum absolute atomic E-state index is 11.8. The highest BCUT2D eigenvalue weighted by atomic mass is 127. The van der Waals surface area contributed by atoms with Gasteiger partial charge in [0.2, 0.25) is 0 Å². The molecule has 0 fully saturated rings. The van der Waals surface area contributed by atoms with Crippen molar-refractivity contribution in [1.29, 1.82) is 0 Å². The van der Waals surface area contributed by atoms with E-state index in [9.17, 15) is 4.79 Å². The highest BCUT2D eigenvalue weighted by Crippen LogP contribution is 2.04. The Kier molecular flexibility index (Phi) is 14.0. The predicted molar refractivity (Wildman–Crippen MR) is 96.6 cm³/mol. The van der Waals surface area contributed by atoms with Gasteiger partial charge in [0.25, 0.3) is 5.91 Å². The topological polar surface area (TPSA) is 45.2 Å². The molecule has 1 N–H and O–H groups in total. The normalized spacial score (nSPS) is 9.60. The van der Waals surface area contributed by atoms with E-state index in [1.807, 2.05) is 6.07 Å². The number of alkyl halides is 1. The summed E-state index contributed by atoms with van der Waals surface area (Å²) in [4.78, 5) is 18.2. The van der Waals surface area contributed by atoms with Crippen LogP contribution in [0.2, 0.25) is 0 Å². The van der Waals surface area contributed by atoms with Gasteiger partial charge in [0, 0.05) is 23.7 Å². The lowest BCUT2D eigenvalue weighted by molar-refractivity contribution is 0.0944. The number of hydrogen-bond acceptors (Lipinski definition) is 3. The first-order chi connectivity index (χ1) is 8.71. The quantitative estimate of drug-likeness (QED) is 0.531. The van der Waals surface area contributed by atoms with Gasteiger partial charge >= 0.3 is 0 Å². The van der Waals surface area contributed by atoms with Crippen molar-refractivity contribution < 1.29 is 4.79 Å². The molecule has 116 valence electrons. The van der Waals surface area contributed by atoms with Crippen LogP contribution >= 0.6 is 47.4 Å². The van der Waals surface area contributed by atoms with Crippen molar-refractivity contribution in [2.45, 2.75) is 18.3 Å². The maximum atomic E-state index is 11.8. The molecule has 0 spiro atoms. The third-order valence-corrected chi connectivity index (χ3v) is 3.70. The lowest BCUT2D eigenvalue weighted by atomic mass is 10.2. The van der Waals surface area contributed by atoms with Crippen LogP contribution in [-0.4, -0.2) is 42.0 Å². The summed E-state index contributed by atoms with van der Waals surface area (Å²) in [6, 6.07) is 3.72. The molecule has 1 heterocycles. The number of carbonyl (C=O) groups is 1. The number of pyridine rings is 1. The number of aromatic nitrogens is 1. The first kappa shape index (κ1) is 22.2. The summed E-state index contributed by atoms with van der Waals surface area (Å²) in [7, 11) is 0. The largest absolute Gasteiger partial charge is 0.349 e. The van der Waals surface area contributed by atoms with Crippen LogP contribution in [0.3, 0.4) is 0 Å². The van der Waals surface area contributed by atoms with Gasteiger partial charge in [-0.1, -0.05) is 42.5 Å². The zero-order valence-corrected chi connectivity index (χ0v) is 15.6. The second-order valence-corrected chi connectivity index (χ2v) is 4.73. The molecular weight excluding hydrogens is 412 g/mol. The summed E-state index contributed by atoms with van der Waals surface area (Å²) >= 11 is 2.27. The third kappa shape index (κ3) is 7.61. The fraction of sp³-hybridized carbons (Fsp3) is 0.538. The summed E-state index contributed by atoms with van der Waals surface area (Å²) < 4.78 is 0.911. The van der Waals surface area contributed by atoms with Gasteiger partial charge in [-0.05, 0) is 24.7 Å². The molecule has 1 rings (SSSR count). The Bertz CT molecular complexity index is 372. The van der Waals surface area contributed by atoms with Crippen molar-refractivity contribution in [1.82, 2.24) is 15.2 Å². The van der Waals surface area contributed by atoms with Crippen molar-refractivity contribution in [2.75, 3.05) is 26.2 Å². The van der Waals surface area contributed by atoms with Gasteiger partial charge in [0.15, 0.2) is 0 Å². The molecule has 0 unspecified atom stereocenters. The number of hydrogen-bond donors (Lipinski definition) is 1.